The third kappa shape index (κ3) is 2.91. The summed E-state index contributed by atoms with van der Waals surface area (Å²) in [6.45, 7) is 4.65. The number of halogens is 2. The average molecular weight is 231 g/mol. The largest absolute Gasteiger partial charge is 0.314 e. The summed E-state index contributed by atoms with van der Waals surface area (Å²) in [5.41, 5.74) is 1.88. The Kier molecular flexibility index (Phi) is 4.51. The first-order valence-electron chi connectivity index (χ1n) is 4.97. The highest BCUT2D eigenvalue weighted by molar-refractivity contribution is 5.85. The lowest BCUT2D eigenvalue weighted by Gasteiger charge is -2.25. The molecule has 0 bridgehead atoms. The van der Waals surface area contributed by atoms with Crippen LogP contribution in [-0.4, -0.2) is 19.6 Å². The number of rotatable bonds is 1. The van der Waals surface area contributed by atoms with Crippen LogP contribution in [0.5, 0.6) is 0 Å². The minimum Gasteiger partial charge on any atom is -0.314 e. The van der Waals surface area contributed by atoms with Crippen molar-refractivity contribution >= 4 is 12.4 Å². The van der Waals surface area contributed by atoms with E-state index in [4.69, 9.17) is 0 Å². The fraction of sp³-hybridized carbons (Fsp3) is 0.455. The maximum absolute atomic E-state index is 13.5. The summed E-state index contributed by atoms with van der Waals surface area (Å²) in [5.74, 6) is -0.114. The van der Waals surface area contributed by atoms with E-state index in [-0.39, 0.29) is 24.3 Å². The lowest BCUT2D eigenvalue weighted by molar-refractivity contribution is 0.416. The zero-order valence-electron chi connectivity index (χ0n) is 8.72. The third-order valence-corrected chi connectivity index (χ3v) is 2.57. The fourth-order valence-corrected chi connectivity index (χ4v) is 1.80. The van der Waals surface area contributed by atoms with Crippen LogP contribution < -0.4 is 10.6 Å². The van der Waals surface area contributed by atoms with Crippen molar-refractivity contribution in [1.82, 2.24) is 10.6 Å². The molecule has 0 aliphatic carbocycles. The first kappa shape index (κ1) is 12.4. The molecule has 1 heterocycles. The van der Waals surface area contributed by atoms with Gasteiger partial charge in [-0.1, -0.05) is 17.7 Å². The van der Waals surface area contributed by atoms with Crippen LogP contribution in [0.25, 0.3) is 0 Å². The molecule has 2 rings (SSSR count). The van der Waals surface area contributed by atoms with Gasteiger partial charge < -0.3 is 10.6 Å². The predicted octanol–water partition coefficient (Wildman–Crippen LogP) is 1.79. The molecule has 0 unspecified atom stereocenters. The van der Waals surface area contributed by atoms with Gasteiger partial charge in [0.1, 0.15) is 5.82 Å². The molecule has 1 aromatic carbocycles. The van der Waals surface area contributed by atoms with Gasteiger partial charge in [-0.25, -0.2) is 4.39 Å². The Labute approximate surface area is 95.7 Å². The van der Waals surface area contributed by atoms with Crippen molar-refractivity contribution in [2.75, 3.05) is 19.6 Å². The molecule has 2 nitrogen and oxygen atoms in total. The molecule has 1 saturated heterocycles. The van der Waals surface area contributed by atoms with E-state index in [9.17, 15) is 4.39 Å². The molecule has 0 aromatic heterocycles. The van der Waals surface area contributed by atoms with Crippen molar-refractivity contribution in [3.8, 4) is 0 Å². The Bertz CT molecular complexity index is 324. The molecular weight excluding hydrogens is 215 g/mol. The van der Waals surface area contributed by atoms with Gasteiger partial charge in [0.2, 0.25) is 0 Å². The Morgan fingerprint density at radius 2 is 2.13 bits per heavy atom. The highest BCUT2D eigenvalue weighted by Gasteiger charge is 2.17. The molecule has 1 aromatic rings. The normalized spacial score (nSPS) is 20.8. The molecule has 1 atom stereocenters. The average Bonchev–Trinajstić information content (AvgIpc) is 2.23. The van der Waals surface area contributed by atoms with Crippen LogP contribution in [0, 0.1) is 12.7 Å². The highest BCUT2D eigenvalue weighted by atomic mass is 35.5. The maximum atomic E-state index is 13.5. The van der Waals surface area contributed by atoms with Gasteiger partial charge in [-0.05, 0) is 13.0 Å². The van der Waals surface area contributed by atoms with Crippen LogP contribution in [-0.2, 0) is 0 Å². The van der Waals surface area contributed by atoms with E-state index in [0.717, 1.165) is 30.8 Å². The summed E-state index contributed by atoms with van der Waals surface area (Å²) in [4.78, 5) is 0. The second-order valence-electron chi connectivity index (χ2n) is 3.74. The van der Waals surface area contributed by atoms with E-state index >= 15 is 0 Å². The molecule has 2 N–H and O–H groups in total. The van der Waals surface area contributed by atoms with Gasteiger partial charge in [-0.2, -0.15) is 0 Å². The van der Waals surface area contributed by atoms with Crippen LogP contribution >= 0.6 is 12.4 Å². The molecule has 0 radical (unpaired) electrons. The lowest BCUT2D eigenvalue weighted by atomic mass is 10.0. The van der Waals surface area contributed by atoms with E-state index in [1.54, 1.807) is 12.1 Å². The van der Waals surface area contributed by atoms with Crippen molar-refractivity contribution in [1.29, 1.82) is 0 Å². The number of benzene rings is 1. The van der Waals surface area contributed by atoms with Gasteiger partial charge in [0.15, 0.2) is 0 Å². The third-order valence-electron chi connectivity index (χ3n) is 2.57. The van der Waals surface area contributed by atoms with Crippen molar-refractivity contribution < 1.29 is 4.39 Å². The molecule has 0 spiro atoms. The Balaban J connectivity index is 0.00000112. The second kappa shape index (κ2) is 5.45. The first-order valence-corrected chi connectivity index (χ1v) is 4.97. The van der Waals surface area contributed by atoms with E-state index in [1.165, 1.54) is 0 Å². The van der Waals surface area contributed by atoms with Gasteiger partial charge in [-0.3, -0.25) is 0 Å². The summed E-state index contributed by atoms with van der Waals surface area (Å²) in [6.07, 6.45) is 0. The van der Waals surface area contributed by atoms with E-state index < -0.39 is 0 Å². The monoisotopic (exact) mass is 230 g/mol. The Morgan fingerprint density at radius 1 is 1.33 bits per heavy atom. The van der Waals surface area contributed by atoms with Crippen LogP contribution in [0.3, 0.4) is 0 Å². The Morgan fingerprint density at radius 3 is 2.80 bits per heavy atom. The van der Waals surface area contributed by atoms with Crippen molar-refractivity contribution in [2.45, 2.75) is 13.0 Å². The summed E-state index contributed by atoms with van der Waals surface area (Å²) in [7, 11) is 0. The van der Waals surface area contributed by atoms with Crippen LogP contribution in [0.4, 0.5) is 4.39 Å². The maximum Gasteiger partial charge on any atom is 0.128 e. The summed E-state index contributed by atoms with van der Waals surface area (Å²) in [5, 5.41) is 6.55. The SMILES string of the molecule is Cc1ccc(F)c([C@@H]2CNCCN2)c1.Cl. The number of hydrogen-bond donors (Lipinski definition) is 2. The fourth-order valence-electron chi connectivity index (χ4n) is 1.80. The van der Waals surface area contributed by atoms with E-state index in [2.05, 4.69) is 10.6 Å². The minimum atomic E-state index is -0.114. The van der Waals surface area contributed by atoms with Crippen LogP contribution in [0.1, 0.15) is 17.2 Å². The standard InChI is InChI=1S/C11H15FN2.ClH/c1-8-2-3-10(12)9(6-8)11-7-13-4-5-14-11;/h2-3,6,11,13-14H,4-5,7H2,1H3;1H/t11-;/m0./s1. The summed E-state index contributed by atoms with van der Waals surface area (Å²) in [6, 6.07) is 5.37. The summed E-state index contributed by atoms with van der Waals surface area (Å²) < 4.78 is 13.5. The molecule has 0 amide bonds. The van der Waals surface area contributed by atoms with Crippen LogP contribution in [0.15, 0.2) is 18.2 Å². The van der Waals surface area contributed by atoms with Crippen molar-refractivity contribution in [3.05, 3.63) is 35.1 Å². The minimum absolute atomic E-state index is 0. The molecule has 4 heteroatoms. The van der Waals surface area contributed by atoms with Gasteiger partial charge in [0.25, 0.3) is 0 Å². The molecule has 1 fully saturated rings. The smallest absolute Gasteiger partial charge is 0.128 e. The lowest BCUT2D eigenvalue weighted by Crippen LogP contribution is -2.42. The predicted molar refractivity (Wildman–Crippen MR) is 62.0 cm³/mol. The highest BCUT2D eigenvalue weighted by Crippen LogP contribution is 2.18. The van der Waals surface area contributed by atoms with Gasteiger partial charge in [-0.15, -0.1) is 12.4 Å². The number of piperazine rings is 1. The quantitative estimate of drug-likeness (QED) is 0.769. The van der Waals surface area contributed by atoms with Crippen molar-refractivity contribution in [2.24, 2.45) is 0 Å². The van der Waals surface area contributed by atoms with Gasteiger partial charge in [0.05, 0.1) is 0 Å². The van der Waals surface area contributed by atoms with E-state index in [1.807, 2.05) is 13.0 Å². The first-order chi connectivity index (χ1) is 6.77. The Hall–Kier alpha value is -0.640. The molecule has 0 saturated carbocycles. The molecule has 1 aliphatic rings. The number of hydrogen-bond acceptors (Lipinski definition) is 2. The van der Waals surface area contributed by atoms with Gasteiger partial charge >= 0.3 is 0 Å². The van der Waals surface area contributed by atoms with E-state index in [0.29, 0.717) is 0 Å². The summed E-state index contributed by atoms with van der Waals surface area (Å²) >= 11 is 0. The van der Waals surface area contributed by atoms with Crippen LogP contribution in [0.2, 0.25) is 0 Å². The van der Waals surface area contributed by atoms with Gasteiger partial charge in [0, 0.05) is 31.2 Å². The zero-order valence-corrected chi connectivity index (χ0v) is 9.53. The number of aryl methyl sites for hydroxylation is 1. The molecular formula is C11H16ClFN2. The second-order valence-corrected chi connectivity index (χ2v) is 3.74. The zero-order chi connectivity index (χ0) is 9.97. The molecule has 84 valence electrons. The molecule has 1 aliphatic heterocycles. The van der Waals surface area contributed by atoms with Crippen molar-refractivity contribution in [3.63, 3.8) is 0 Å². The topological polar surface area (TPSA) is 24.1 Å². The number of nitrogens with one attached hydrogen (secondary N) is 2. The molecule has 15 heavy (non-hydrogen) atoms.